The van der Waals surface area contributed by atoms with Gasteiger partial charge in [-0.05, 0) is 31.5 Å². The first-order chi connectivity index (χ1) is 9.97. The molecule has 0 atom stereocenters. The van der Waals surface area contributed by atoms with Crippen molar-refractivity contribution in [2.24, 2.45) is 12.8 Å². The van der Waals surface area contributed by atoms with Crippen molar-refractivity contribution in [1.82, 2.24) is 4.57 Å². The number of nitrogens with zero attached hydrogens (tertiary/aromatic N) is 1. The van der Waals surface area contributed by atoms with Crippen molar-refractivity contribution in [1.29, 1.82) is 0 Å². The molecule has 0 amide bonds. The highest BCUT2D eigenvalue weighted by Gasteiger charge is 2.19. The van der Waals surface area contributed by atoms with Crippen molar-refractivity contribution < 1.29 is 0 Å². The fraction of sp³-hybridized carbons (Fsp3) is 0.222. The SMILES string of the molecule is Cn1cc(Sc2ccccc2C(C)(C)N)c2ccccc21. The van der Waals surface area contributed by atoms with Crippen molar-refractivity contribution in [2.45, 2.75) is 29.2 Å². The Morgan fingerprint density at radius 1 is 0.952 bits per heavy atom. The molecule has 0 saturated heterocycles. The van der Waals surface area contributed by atoms with Crippen LogP contribution in [0.2, 0.25) is 0 Å². The molecule has 1 heterocycles. The Balaban J connectivity index is 2.08. The number of hydrogen-bond acceptors (Lipinski definition) is 2. The molecule has 0 radical (unpaired) electrons. The summed E-state index contributed by atoms with van der Waals surface area (Å²) in [4.78, 5) is 2.49. The van der Waals surface area contributed by atoms with Gasteiger partial charge in [-0.1, -0.05) is 48.2 Å². The topological polar surface area (TPSA) is 30.9 Å². The van der Waals surface area contributed by atoms with E-state index < -0.39 is 0 Å². The number of para-hydroxylation sites is 1. The lowest BCUT2D eigenvalue weighted by molar-refractivity contribution is 0.543. The molecule has 0 fully saturated rings. The van der Waals surface area contributed by atoms with Crippen LogP contribution in [0.4, 0.5) is 0 Å². The van der Waals surface area contributed by atoms with Crippen LogP contribution in [0.3, 0.4) is 0 Å². The number of aromatic nitrogens is 1. The molecule has 1 aromatic heterocycles. The zero-order valence-corrected chi connectivity index (χ0v) is 13.4. The first kappa shape index (κ1) is 14.2. The maximum absolute atomic E-state index is 6.31. The smallest absolute Gasteiger partial charge is 0.0489 e. The van der Waals surface area contributed by atoms with Crippen molar-refractivity contribution in [3.05, 3.63) is 60.3 Å². The third-order valence-electron chi connectivity index (χ3n) is 3.66. The molecule has 3 rings (SSSR count). The predicted octanol–water partition coefficient (Wildman–Crippen LogP) is 4.52. The Morgan fingerprint density at radius 2 is 1.62 bits per heavy atom. The van der Waals surface area contributed by atoms with Gasteiger partial charge in [0, 0.05) is 39.5 Å². The van der Waals surface area contributed by atoms with Gasteiger partial charge in [0.2, 0.25) is 0 Å². The highest BCUT2D eigenvalue weighted by Crippen LogP contribution is 2.38. The maximum atomic E-state index is 6.31. The Kier molecular flexibility index (Phi) is 3.56. The third-order valence-corrected chi connectivity index (χ3v) is 4.78. The maximum Gasteiger partial charge on any atom is 0.0489 e. The minimum absolute atomic E-state index is 0.339. The van der Waals surface area contributed by atoms with Gasteiger partial charge in [-0.3, -0.25) is 0 Å². The summed E-state index contributed by atoms with van der Waals surface area (Å²) >= 11 is 1.79. The lowest BCUT2D eigenvalue weighted by Crippen LogP contribution is -2.29. The van der Waals surface area contributed by atoms with Crippen molar-refractivity contribution in [3.8, 4) is 0 Å². The van der Waals surface area contributed by atoms with Crippen molar-refractivity contribution in [3.63, 3.8) is 0 Å². The van der Waals surface area contributed by atoms with Crippen LogP contribution < -0.4 is 5.73 Å². The molecule has 0 spiro atoms. The fourth-order valence-corrected chi connectivity index (χ4v) is 3.91. The van der Waals surface area contributed by atoms with E-state index in [0.29, 0.717) is 0 Å². The molecule has 3 heteroatoms. The normalized spacial score (nSPS) is 12.0. The monoisotopic (exact) mass is 296 g/mol. The lowest BCUT2D eigenvalue weighted by Gasteiger charge is -2.22. The van der Waals surface area contributed by atoms with E-state index in [1.807, 2.05) is 0 Å². The predicted molar refractivity (Wildman–Crippen MR) is 90.7 cm³/mol. The Bertz CT molecular complexity index is 781. The highest BCUT2D eigenvalue weighted by atomic mass is 32.2. The molecule has 3 aromatic rings. The third kappa shape index (κ3) is 2.71. The van der Waals surface area contributed by atoms with Crippen LogP contribution in [0.15, 0.2) is 64.5 Å². The average molecular weight is 296 g/mol. The van der Waals surface area contributed by atoms with E-state index in [2.05, 4.69) is 80.2 Å². The Morgan fingerprint density at radius 3 is 2.38 bits per heavy atom. The highest BCUT2D eigenvalue weighted by molar-refractivity contribution is 7.99. The number of nitrogens with two attached hydrogens (primary N) is 1. The first-order valence-corrected chi connectivity index (χ1v) is 7.89. The van der Waals surface area contributed by atoms with Crippen LogP contribution in [0.25, 0.3) is 10.9 Å². The zero-order valence-electron chi connectivity index (χ0n) is 12.6. The average Bonchev–Trinajstić information content (AvgIpc) is 2.76. The number of rotatable bonds is 3. The minimum atomic E-state index is -0.339. The minimum Gasteiger partial charge on any atom is -0.349 e. The van der Waals surface area contributed by atoms with Gasteiger partial charge in [0.15, 0.2) is 0 Å². The lowest BCUT2D eigenvalue weighted by atomic mass is 9.96. The van der Waals surface area contributed by atoms with Crippen molar-refractivity contribution >= 4 is 22.7 Å². The van der Waals surface area contributed by atoms with Crippen LogP contribution in [-0.2, 0) is 12.6 Å². The second kappa shape index (κ2) is 5.24. The standard InChI is InChI=1S/C18H20N2S/c1-18(2,19)14-9-5-7-11-16(14)21-17-12-20(3)15-10-6-4-8-13(15)17/h4-12H,19H2,1-3H3. The van der Waals surface area contributed by atoms with Crippen LogP contribution in [0, 0.1) is 0 Å². The molecule has 21 heavy (non-hydrogen) atoms. The van der Waals surface area contributed by atoms with Gasteiger partial charge in [0.1, 0.15) is 0 Å². The van der Waals surface area contributed by atoms with Gasteiger partial charge >= 0.3 is 0 Å². The molecule has 0 saturated carbocycles. The van der Waals surface area contributed by atoms with Crippen LogP contribution in [0.5, 0.6) is 0 Å². The zero-order chi connectivity index (χ0) is 15.0. The molecule has 0 aliphatic rings. The number of benzene rings is 2. The van der Waals surface area contributed by atoms with Crippen LogP contribution >= 0.6 is 11.8 Å². The molecular weight excluding hydrogens is 276 g/mol. The number of aryl methyl sites for hydroxylation is 1. The molecule has 2 nitrogen and oxygen atoms in total. The van der Waals surface area contributed by atoms with E-state index in [9.17, 15) is 0 Å². The summed E-state index contributed by atoms with van der Waals surface area (Å²) < 4.78 is 2.17. The number of fused-ring (bicyclic) bond motifs is 1. The van der Waals surface area contributed by atoms with Gasteiger partial charge in [-0.2, -0.15) is 0 Å². The molecule has 0 bridgehead atoms. The van der Waals surface area contributed by atoms with E-state index >= 15 is 0 Å². The summed E-state index contributed by atoms with van der Waals surface area (Å²) in [5.74, 6) is 0. The molecular formula is C18H20N2S. The molecule has 0 aliphatic carbocycles. The van der Waals surface area contributed by atoms with E-state index in [4.69, 9.17) is 5.73 Å². The van der Waals surface area contributed by atoms with Gasteiger partial charge in [-0.25, -0.2) is 0 Å². The van der Waals surface area contributed by atoms with Gasteiger partial charge in [0.05, 0.1) is 0 Å². The summed E-state index contributed by atoms with van der Waals surface area (Å²) in [6.45, 7) is 4.10. The van der Waals surface area contributed by atoms with Gasteiger partial charge in [0.25, 0.3) is 0 Å². The number of hydrogen-bond donors (Lipinski definition) is 1. The van der Waals surface area contributed by atoms with Crippen molar-refractivity contribution in [2.75, 3.05) is 0 Å². The second-order valence-electron chi connectivity index (χ2n) is 5.94. The van der Waals surface area contributed by atoms with E-state index in [0.717, 1.165) is 0 Å². The fourth-order valence-electron chi connectivity index (χ4n) is 2.59. The molecule has 0 unspecified atom stereocenters. The van der Waals surface area contributed by atoms with Gasteiger partial charge in [-0.15, -0.1) is 0 Å². The Hall–Kier alpha value is -1.71. The quantitative estimate of drug-likeness (QED) is 0.770. The molecule has 2 aromatic carbocycles. The second-order valence-corrected chi connectivity index (χ2v) is 7.03. The van der Waals surface area contributed by atoms with Crippen LogP contribution in [-0.4, -0.2) is 4.57 Å². The summed E-state index contributed by atoms with van der Waals surface area (Å²) in [6.07, 6.45) is 2.19. The van der Waals surface area contributed by atoms with Gasteiger partial charge < -0.3 is 10.3 Å². The van der Waals surface area contributed by atoms with E-state index in [1.165, 1.54) is 26.3 Å². The molecule has 2 N–H and O–H groups in total. The summed E-state index contributed by atoms with van der Waals surface area (Å²) in [6, 6.07) is 16.9. The first-order valence-electron chi connectivity index (χ1n) is 7.07. The van der Waals surface area contributed by atoms with Crippen LogP contribution in [0.1, 0.15) is 19.4 Å². The van der Waals surface area contributed by atoms with E-state index in [-0.39, 0.29) is 5.54 Å². The summed E-state index contributed by atoms with van der Waals surface area (Å²) in [7, 11) is 2.09. The molecule has 108 valence electrons. The van der Waals surface area contributed by atoms with E-state index in [1.54, 1.807) is 11.8 Å². The Labute approximate surface area is 130 Å². The molecule has 0 aliphatic heterocycles. The largest absolute Gasteiger partial charge is 0.349 e. The summed E-state index contributed by atoms with van der Waals surface area (Å²) in [5.41, 5.74) is 8.41. The summed E-state index contributed by atoms with van der Waals surface area (Å²) in [5, 5.41) is 1.29.